The highest BCUT2D eigenvalue weighted by atomic mass is 16.1. The molecular formula is C11H8N2O. The summed E-state index contributed by atoms with van der Waals surface area (Å²) in [7, 11) is 0. The lowest BCUT2D eigenvalue weighted by Crippen LogP contribution is -1.91. The van der Waals surface area contributed by atoms with Gasteiger partial charge in [-0.1, -0.05) is 30.3 Å². The van der Waals surface area contributed by atoms with Crippen molar-refractivity contribution in [3.05, 3.63) is 48.5 Å². The molecule has 2 aromatic rings. The molecule has 1 aromatic heterocycles. The summed E-state index contributed by atoms with van der Waals surface area (Å²) in [5, 5.41) is 0. The fourth-order valence-electron chi connectivity index (χ4n) is 1.18. The molecule has 0 aliphatic rings. The van der Waals surface area contributed by atoms with E-state index in [1.54, 1.807) is 12.4 Å². The molecule has 14 heavy (non-hydrogen) atoms. The first-order valence-corrected chi connectivity index (χ1v) is 4.23. The fraction of sp³-hybridized carbons (Fsp3) is 0. The van der Waals surface area contributed by atoms with Crippen molar-refractivity contribution in [1.82, 2.24) is 9.97 Å². The normalized spacial score (nSPS) is 9.71. The summed E-state index contributed by atoms with van der Waals surface area (Å²) in [6.07, 6.45) is 3.92. The van der Waals surface area contributed by atoms with Crippen molar-refractivity contribution in [2.75, 3.05) is 0 Å². The molecule has 0 spiro atoms. The van der Waals surface area contributed by atoms with Crippen molar-refractivity contribution in [2.24, 2.45) is 0 Å². The average Bonchev–Trinajstić information content (AvgIpc) is 2.30. The van der Waals surface area contributed by atoms with Crippen molar-refractivity contribution in [1.29, 1.82) is 0 Å². The summed E-state index contributed by atoms with van der Waals surface area (Å²) in [6.45, 7) is 0. The van der Waals surface area contributed by atoms with Crippen molar-refractivity contribution >= 4 is 6.29 Å². The largest absolute Gasteiger partial charge is 0.294 e. The molecule has 1 aromatic carbocycles. The quantitative estimate of drug-likeness (QED) is 0.670. The molecule has 0 N–H and O–H groups in total. The van der Waals surface area contributed by atoms with Gasteiger partial charge >= 0.3 is 0 Å². The van der Waals surface area contributed by atoms with Crippen LogP contribution >= 0.6 is 0 Å². The molecule has 0 saturated heterocycles. The predicted octanol–water partition coefficient (Wildman–Crippen LogP) is 1.96. The third-order valence-electron chi connectivity index (χ3n) is 1.88. The van der Waals surface area contributed by atoms with Gasteiger partial charge < -0.3 is 0 Å². The van der Waals surface area contributed by atoms with Crippen LogP contribution in [0.3, 0.4) is 0 Å². The van der Waals surface area contributed by atoms with Crippen LogP contribution < -0.4 is 0 Å². The van der Waals surface area contributed by atoms with Crippen LogP contribution in [0.25, 0.3) is 11.1 Å². The summed E-state index contributed by atoms with van der Waals surface area (Å²) >= 11 is 0. The molecule has 3 nitrogen and oxygen atoms in total. The third-order valence-corrected chi connectivity index (χ3v) is 1.88. The molecule has 1 heterocycles. The molecule has 2 rings (SSSR count). The molecular weight excluding hydrogens is 176 g/mol. The molecule has 68 valence electrons. The van der Waals surface area contributed by atoms with Crippen LogP contribution in [0.15, 0.2) is 42.7 Å². The minimum atomic E-state index is 0.213. The number of aromatic nitrogens is 2. The summed E-state index contributed by atoms with van der Waals surface area (Å²) in [6, 6.07) is 9.79. The lowest BCUT2D eigenvalue weighted by atomic mass is 10.1. The number of hydrogen-bond acceptors (Lipinski definition) is 3. The topological polar surface area (TPSA) is 42.9 Å². The Morgan fingerprint density at radius 1 is 0.929 bits per heavy atom. The Balaban J connectivity index is 2.39. The molecule has 0 atom stereocenters. The van der Waals surface area contributed by atoms with E-state index in [0.29, 0.717) is 6.29 Å². The molecule has 0 saturated carbocycles. The molecule has 0 aliphatic heterocycles. The highest BCUT2D eigenvalue weighted by Crippen LogP contribution is 2.15. The van der Waals surface area contributed by atoms with Crippen LogP contribution in [0.2, 0.25) is 0 Å². The van der Waals surface area contributed by atoms with E-state index in [-0.39, 0.29) is 5.82 Å². The first-order chi connectivity index (χ1) is 6.90. The second kappa shape index (κ2) is 3.79. The second-order valence-electron chi connectivity index (χ2n) is 2.81. The van der Waals surface area contributed by atoms with Crippen molar-refractivity contribution in [2.45, 2.75) is 0 Å². The number of carbonyl (C=O) groups excluding carboxylic acids is 1. The first kappa shape index (κ1) is 8.56. The number of hydrogen-bond donors (Lipinski definition) is 0. The average molecular weight is 184 g/mol. The van der Waals surface area contributed by atoms with Crippen LogP contribution in [-0.2, 0) is 0 Å². The van der Waals surface area contributed by atoms with E-state index < -0.39 is 0 Å². The predicted molar refractivity (Wildman–Crippen MR) is 52.9 cm³/mol. The lowest BCUT2D eigenvalue weighted by Gasteiger charge is -1.98. The maximum Gasteiger partial charge on any atom is 0.192 e. The molecule has 0 radical (unpaired) electrons. The van der Waals surface area contributed by atoms with Gasteiger partial charge in [0.2, 0.25) is 0 Å². The van der Waals surface area contributed by atoms with Crippen LogP contribution in [0.4, 0.5) is 0 Å². The van der Waals surface area contributed by atoms with E-state index in [4.69, 9.17) is 0 Å². The number of rotatable bonds is 2. The van der Waals surface area contributed by atoms with Gasteiger partial charge in [0.25, 0.3) is 0 Å². The summed E-state index contributed by atoms with van der Waals surface area (Å²) in [4.78, 5) is 18.1. The van der Waals surface area contributed by atoms with Gasteiger partial charge in [-0.15, -0.1) is 0 Å². The Morgan fingerprint density at radius 3 is 2.14 bits per heavy atom. The zero-order valence-corrected chi connectivity index (χ0v) is 7.42. The molecule has 0 fully saturated rings. The number of benzene rings is 1. The lowest BCUT2D eigenvalue weighted by molar-refractivity contribution is 0.111. The van der Waals surface area contributed by atoms with E-state index in [0.717, 1.165) is 11.1 Å². The second-order valence-corrected chi connectivity index (χ2v) is 2.81. The van der Waals surface area contributed by atoms with Gasteiger partial charge in [0, 0.05) is 18.0 Å². The Hall–Kier alpha value is -2.03. The SMILES string of the molecule is O=Cc1ncc(-c2ccccc2)cn1. The van der Waals surface area contributed by atoms with Crippen molar-refractivity contribution in [3.8, 4) is 11.1 Å². The number of carbonyl (C=O) groups is 1. The maximum absolute atomic E-state index is 10.3. The minimum absolute atomic E-state index is 0.213. The Kier molecular flexibility index (Phi) is 2.32. The van der Waals surface area contributed by atoms with E-state index in [1.165, 1.54) is 0 Å². The van der Waals surface area contributed by atoms with Gasteiger partial charge in [0.1, 0.15) is 0 Å². The zero-order valence-electron chi connectivity index (χ0n) is 7.42. The van der Waals surface area contributed by atoms with E-state index >= 15 is 0 Å². The summed E-state index contributed by atoms with van der Waals surface area (Å²) in [5.41, 5.74) is 1.96. The Bertz CT molecular complexity index is 423. The summed E-state index contributed by atoms with van der Waals surface area (Å²) in [5.74, 6) is 0.213. The van der Waals surface area contributed by atoms with Gasteiger partial charge in [-0.25, -0.2) is 9.97 Å². The molecule has 0 amide bonds. The van der Waals surface area contributed by atoms with E-state index in [9.17, 15) is 4.79 Å². The highest BCUT2D eigenvalue weighted by Gasteiger charge is 1.97. The molecule has 3 heteroatoms. The molecule has 0 aliphatic carbocycles. The smallest absolute Gasteiger partial charge is 0.192 e. The van der Waals surface area contributed by atoms with Crippen molar-refractivity contribution in [3.63, 3.8) is 0 Å². The maximum atomic E-state index is 10.3. The monoisotopic (exact) mass is 184 g/mol. The minimum Gasteiger partial charge on any atom is -0.294 e. The fourth-order valence-corrected chi connectivity index (χ4v) is 1.18. The summed E-state index contributed by atoms with van der Waals surface area (Å²) < 4.78 is 0. The Morgan fingerprint density at radius 2 is 1.57 bits per heavy atom. The van der Waals surface area contributed by atoms with Gasteiger partial charge in [-0.3, -0.25) is 4.79 Å². The third kappa shape index (κ3) is 1.66. The highest BCUT2D eigenvalue weighted by molar-refractivity contribution is 5.70. The molecule has 0 bridgehead atoms. The van der Waals surface area contributed by atoms with Crippen LogP contribution in [0, 0.1) is 0 Å². The van der Waals surface area contributed by atoms with Crippen molar-refractivity contribution < 1.29 is 4.79 Å². The first-order valence-electron chi connectivity index (χ1n) is 4.23. The van der Waals surface area contributed by atoms with Gasteiger partial charge in [-0.2, -0.15) is 0 Å². The van der Waals surface area contributed by atoms with Gasteiger partial charge in [0.15, 0.2) is 12.1 Å². The number of aldehydes is 1. The zero-order chi connectivity index (χ0) is 9.80. The van der Waals surface area contributed by atoms with E-state index in [1.807, 2.05) is 30.3 Å². The molecule has 0 unspecified atom stereocenters. The standard InChI is InChI=1S/C11H8N2O/c14-8-11-12-6-10(7-13-11)9-4-2-1-3-5-9/h1-8H. The van der Waals surface area contributed by atoms with Gasteiger partial charge in [0.05, 0.1) is 0 Å². The number of nitrogens with zero attached hydrogens (tertiary/aromatic N) is 2. The van der Waals surface area contributed by atoms with Crippen LogP contribution in [-0.4, -0.2) is 16.3 Å². The van der Waals surface area contributed by atoms with E-state index in [2.05, 4.69) is 9.97 Å². The van der Waals surface area contributed by atoms with Crippen LogP contribution in [0.1, 0.15) is 10.6 Å². The van der Waals surface area contributed by atoms with Gasteiger partial charge in [-0.05, 0) is 5.56 Å². The Labute approximate surface area is 81.5 Å². The van der Waals surface area contributed by atoms with Crippen LogP contribution in [0.5, 0.6) is 0 Å².